The van der Waals surface area contributed by atoms with Gasteiger partial charge >= 0.3 is 0 Å². The maximum absolute atomic E-state index is 5.68. The van der Waals surface area contributed by atoms with Crippen LogP contribution in [0.1, 0.15) is 70.3 Å². The Bertz CT molecular complexity index is 436. The van der Waals surface area contributed by atoms with Gasteiger partial charge in [0.15, 0.2) is 6.29 Å². The molecule has 1 rings (SSSR count). The van der Waals surface area contributed by atoms with E-state index in [1.54, 1.807) is 0 Å². The molecule has 0 spiro atoms. The molecule has 0 bridgehead atoms. The van der Waals surface area contributed by atoms with Crippen LogP contribution in [0.5, 0.6) is 0 Å². The average molecular weight is 288 g/mol. The van der Waals surface area contributed by atoms with Crippen LogP contribution in [0.3, 0.4) is 0 Å². The van der Waals surface area contributed by atoms with Crippen LogP contribution in [0.2, 0.25) is 0 Å². The van der Waals surface area contributed by atoms with E-state index in [0.717, 1.165) is 17.5 Å². The summed E-state index contributed by atoms with van der Waals surface area (Å²) in [5.74, 6) is 6.56. The van der Waals surface area contributed by atoms with E-state index in [0.29, 0.717) is 13.2 Å². The predicted molar refractivity (Wildman–Crippen MR) is 88.1 cm³/mol. The van der Waals surface area contributed by atoms with Crippen molar-refractivity contribution in [2.24, 2.45) is 0 Å². The molecule has 0 N–H and O–H groups in total. The molecule has 0 atom stereocenters. The normalized spacial score (nSPS) is 10.5. The number of hydrogen-bond donors (Lipinski definition) is 0. The molecule has 0 amide bonds. The van der Waals surface area contributed by atoms with Gasteiger partial charge in [-0.05, 0) is 26.3 Å². The van der Waals surface area contributed by atoms with Gasteiger partial charge in [-0.15, -0.1) is 0 Å². The number of rotatable bonds is 9. The maximum atomic E-state index is 5.68. The Balaban J connectivity index is 2.71. The monoisotopic (exact) mass is 288 g/mol. The van der Waals surface area contributed by atoms with Gasteiger partial charge in [0, 0.05) is 30.8 Å². The Labute approximate surface area is 129 Å². The van der Waals surface area contributed by atoms with Crippen LogP contribution in [0.4, 0.5) is 0 Å². The van der Waals surface area contributed by atoms with E-state index in [1.165, 1.54) is 25.7 Å². The number of unbranched alkanes of at least 4 members (excludes halogenated alkanes) is 4. The van der Waals surface area contributed by atoms with Crippen molar-refractivity contribution < 1.29 is 9.47 Å². The van der Waals surface area contributed by atoms with E-state index in [1.807, 2.05) is 38.1 Å². The molecule has 116 valence electrons. The van der Waals surface area contributed by atoms with Crippen LogP contribution in [-0.2, 0) is 9.47 Å². The molecule has 0 aliphatic heterocycles. The SMILES string of the molecule is CCCCCCC#Cc1ccccc1C(OCC)OCC. The lowest BCUT2D eigenvalue weighted by molar-refractivity contribution is -0.140. The zero-order chi connectivity index (χ0) is 15.3. The van der Waals surface area contributed by atoms with Gasteiger partial charge < -0.3 is 9.47 Å². The van der Waals surface area contributed by atoms with Crippen molar-refractivity contribution in [3.63, 3.8) is 0 Å². The summed E-state index contributed by atoms with van der Waals surface area (Å²) in [7, 11) is 0. The van der Waals surface area contributed by atoms with E-state index in [9.17, 15) is 0 Å². The Hall–Kier alpha value is -1.30. The molecule has 0 aliphatic rings. The summed E-state index contributed by atoms with van der Waals surface area (Å²) in [5.41, 5.74) is 2.04. The molecule has 21 heavy (non-hydrogen) atoms. The summed E-state index contributed by atoms with van der Waals surface area (Å²) in [6, 6.07) is 8.10. The largest absolute Gasteiger partial charge is 0.349 e. The van der Waals surface area contributed by atoms with Crippen LogP contribution in [0.15, 0.2) is 24.3 Å². The van der Waals surface area contributed by atoms with Gasteiger partial charge in [-0.3, -0.25) is 0 Å². The number of hydrogen-bond acceptors (Lipinski definition) is 2. The summed E-state index contributed by atoms with van der Waals surface area (Å²) >= 11 is 0. The van der Waals surface area contributed by atoms with Crippen LogP contribution >= 0.6 is 0 Å². The van der Waals surface area contributed by atoms with Crippen LogP contribution in [0.25, 0.3) is 0 Å². The molecule has 0 heterocycles. The molecule has 2 heteroatoms. The minimum absolute atomic E-state index is 0.314. The molecule has 0 radical (unpaired) electrons. The molecule has 0 saturated heterocycles. The first-order valence-electron chi connectivity index (χ1n) is 8.14. The molecular formula is C19H28O2. The van der Waals surface area contributed by atoms with Crippen LogP contribution < -0.4 is 0 Å². The van der Waals surface area contributed by atoms with Gasteiger partial charge in [-0.1, -0.05) is 56.2 Å². The van der Waals surface area contributed by atoms with Gasteiger partial charge in [0.1, 0.15) is 0 Å². The molecule has 1 aromatic rings. The lowest BCUT2D eigenvalue weighted by atomic mass is 10.1. The Morgan fingerprint density at radius 2 is 1.67 bits per heavy atom. The third-order valence-corrected chi connectivity index (χ3v) is 3.23. The zero-order valence-electron chi connectivity index (χ0n) is 13.7. The summed E-state index contributed by atoms with van der Waals surface area (Å²) in [6.45, 7) is 7.44. The second kappa shape index (κ2) is 11.4. The Morgan fingerprint density at radius 1 is 0.952 bits per heavy atom. The van der Waals surface area contributed by atoms with Gasteiger partial charge in [0.2, 0.25) is 0 Å². The molecule has 0 fully saturated rings. The molecule has 0 aliphatic carbocycles. The Morgan fingerprint density at radius 3 is 2.33 bits per heavy atom. The summed E-state index contributed by atoms with van der Waals surface area (Å²) in [6.07, 6.45) is 5.67. The third kappa shape index (κ3) is 6.80. The van der Waals surface area contributed by atoms with Crippen LogP contribution in [0, 0.1) is 11.8 Å². The fourth-order valence-electron chi connectivity index (χ4n) is 2.14. The predicted octanol–water partition coefficient (Wildman–Crippen LogP) is 5.08. The second-order valence-electron chi connectivity index (χ2n) is 4.94. The maximum Gasteiger partial charge on any atom is 0.184 e. The first-order valence-corrected chi connectivity index (χ1v) is 8.14. The minimum atomic E-state index is -0.314. The van der Waals surface area contributed by atoms with E-state index >= 15 is 0 Å². The van der Waals surface area contributed by atoms with Crippen molar-refractivity contribution >= 4 is 0 Å². The van der Waals surface area contributed by atoms with E-state index < -0.39 is 0 Å². The highest BCUT2D eigenvalue weighted by Crippen LogP contribution is 2.22. The molecule has 2 nitrogen and oxygen atoms in total. The fraction of sp³-hybridized carbons (Fsp3) is 0.579. The first kappa shape index (κ1) is 17.8. The summed E-state index contributed by atoms with van der Waals surface area (Å²) in [5, 5.41) is 0. The van der Waals surface area contributed by atoms with E-state index in [2.05, 4.69) is 18.8 Å². The molecule has 0 aromatic heterocycles. The van der Waals surface area contributed by atoms with E-state index in [4.69, 9.17) is 9.47 Å². The quantitative estimate of drug-likeness (QED) is 0.358. The molecular weight excluding hydrogens is 260 g/mol. The lowest BCUT2D eigenvalue weighted by Gasteiger charge is -2.18. The average Bonchev–Trinajstić information content (AvgIpc) is 2.51. The summed E-state index contributed by atoms with van der Waals surface area (Å²) in [4.78, 5) is 0. The van der Waals surface area contributed by atoms with Gasteiger partial charge in [-0.25, -0.2) is 0 Å². The van der Waals surface area contributed by atoms with Crippen LogP contribution in [-0.4, -0.2) is 13.2 Å². The Kier molecular flexibility index (Phi) is 9.61. The smallest absolute Gasteiger partial charge is 0.184 e. The van der Waals surface area contributed by atoms with E-state index in [-0.39, 0.29) is 6.29 Å². The fourth-order valence-corrected chi connectivity index (χ4v) is 2.14. The summed E-state index contributed by atoms with van der Waals surface area (Å²) < 4.78 is 11.4. The highest BCUT2D eigenvalue weighted by Gasteiger charge is 2.14. The third-order valence-electron chi connectivity index (χ3n) is 3.23. The molecule has 1 aromatic carbocycles. The second-order valence-corrected chi connectivity index (χ2v) is 4.94. The molecule has 0 unspecified atom stereocenters. The highest BCUT2D eigenvalue weighted by atomic mass is 16.7. The molecule has 0 saturated carbocycles. The van der Waals surface area contributed by atoms with Crippen molar-refractivity contribution in [3.05, 3.63) is 35.4 Å². The lowest BCUT2D eigenvalue weighted by Crippen LogP contribution is -2.10. The van der Waals surface area contributed by atoms with Gasteiger partial charge in [-0.2, -0.15) is 0 Å². The van der Waals surface area contributed by atoms with Gasteiger partial charge in [0.05, 0.1) is 0 Å². The zero-order valence-corrected chi connectivity index (χ0v) is 13.7. The minimum Gasteiger partial charge on any atom is -0.349 e. The number of benzene rings is 1. The van der Waals surface area contributed by atoms with Crippen molar-refractivity contribution in [3.8, 4) is 11.8 Å². The first-order chi connectivity index (χ1) is 10.3. The van der Waals surface area contributed by atoms with Crippen molar-refractivity contribution in [1.82, 2.24) is 0 Å². The van der Waals surface area contributed by atoms with Crippen molar-refractivity contribution in [1.29, 1.82) is 0 Å². The standard InChI is InChI=1S/C19H28O2/c1-4-7-8-9-10-11-14-17-15-12-13-16-18(17)19(20-5-2)21-6-3/h12-13,15-16,19H,4-10H2,1-3H3. The van der Waals surface area contributed by atoms with Crippen molar-refractivity contribution in [2.45, 2.75) is 59.2 Å². The highest BCUT2D eigenvalue weighted by molar-refractivity contribution is 5.42. The van der Waals surface area contributed by atoms with Gasteiger partial charge in [0.25, 0.3) is 0 Å². The topological polar surface area (TPSA) is 18.5 Å². The van der Waals surface area contributed by atoms with Crippen molar-refractivity contribution in [2.75, 3.05) is 13.2 Å². The number of ether oxygens (including phenoxy) is 2.